The summed E-state index contributed by atoms with van der Waals surface area (Å²) >= 11 is 0. The van der Waals surface area contributed by atoms with Gasteiger partial charge in [-0.2, -0.15) is 0 Å². The fourth-order valence-corrected chi connectivity index (χ4v) is 7.72. The Hall–Kier alpha value is -1.78. The second-order valence-electron chi connectivity index (χ2n) is 16.6. The molecule has 11 nitrogen and oxygen atoms in total. The van der Waals surface area contributed by atoms with Gasteiger partial charge in [0.1, 0.15) is 12.6 Å². The molecule has 0 rings (SSSR count). The summed E-state index contributed by atoms with van der Waals surface area (Å²) in [6, 6.07) is -1.52. The number of allylic oxidation sites excluding steroid dienone is 2. The monoisotopic (exact) mass is 860 g/mol. The minimum atomic E-state index is -4.72. The summed E-state index contributed by atoms with van der Waals surface area (Å²) in [6.45, 7) is 2.82. The van der Waals surface area contributed by atoms with Gasteiger partial charge in [-0.1, -0.05) is 199 Å². The van der Waals surface area contributed by atoms with Crippen LogP contribution < -0.4 is 5.73 Å². The maximum Gasteiger partial charge on any atom is 0.472 e. The zero-order valence-electron chi connectivity index (χ0n) is 37.9. The molecule has 0 saturated heterocycles. The van der Waals surface area contributed by atoms with Crippen LogP contribution in [0.1, 0.15) is 239 Å². The van der Waals surface area contributed by atoms with E-state index >= 15 is 0 Å². The van der Waals surface area contributed by atoms with Crippen molar-refractivity contribution in [1.82, 2.24) is 0 Å². The van der Waals surface area contributed by atoms with Gasteiger partial charge < -0.3 is 25.2 Å². The third-order valence-corrected chi connectivity index (χ3v) is 11.7. The number of aliphatic carboxylic acids is 1. The molecule has 0 amide bonds. The highest BCUT2D eigenvalue weighted by Gasteiger charge is 2.28. The minimum Gasteiger partial charge on any atom is -0.480 e. The molecule has 0 radical (unpaired) electrons. The van der Waals surface area contributed by atoms with E-state index in [1.54, 1.807) is 0 Å². The topological polar surface area (TPSA) is 172 Å². The number of phosphoric ester groups is 1. The van der Waals surface area contributed by atoms with E-state index in [2.05, 4.69) is 30.5 Å². The Labute approximate surface area is 360 Å². The molecule has 0 aliphatic rings. The number of nitrogens with two attached hydrogens (primary N) is 1. The SMILES string of the molecule is CCCCCCCCCCC/C=C/CCCCC(=O)O[C@@H](COC(=O)CCCCCCCCCCCCCCCCCCCCCC)COP(=O)(O)OC[C@@H](N)C(=O)O. The molecule has 0 heterocycles. The van der Waals surface area contributed by atoms with Gasteiger partial charge in [0.2, 0.25) is 0 Å². The number of hydrogen-bond acceptors (Lipinski definition) is 9. The molecule has 0 bridgehead atoms. The van der Waals surface area contributed by atoms with Crippen LogP contribution in [0.3, 0.4) is 0 Å². The highest BCUT2D eigenvalue weighted by molar-refractivity contribution is 7.47. The summed E-state index contributed by atoms with van der Waals surface area (Å²) in [7, 11) is -4.72. The van der Waals surface area contributed by atoms with Gasteiger partial charge in [-0.25, -0.2) is 4.57 Å². The normalized spacial score (nSPS) is 13.7. The van der Waals surface area contributed by atoms with Crippen LogP contribution in [-0.2, 0) is 37.5 Å². The van der Waals surface area contributed by atoms with Crippen molar-refractivity contribution in [3.63, 3.8) is 0 Å². The number of esters is 2. The van der Waals surface area contributed by atoms with E-state index in [0.29, 0.717) is 12.8 Å². The maximum atomic E-state index is 12.6. The van der Waals surface area contributed by atoms with Crippen LogP contribution in [0.4, 0.5) is 0 Å². The molecule has 348 valence electrons. The van der Waals surface area contributed by atoms with Crippen molar-refractivity contribution >= 4 is 25.7 Å². The first-order valence-electron chi connectivity index (χ1n) is 24.2. The Morgan fingerprint density at radius 1 is 0.508 bits per heavy atom. The molecule has 1 unspecified atom stereocenters. The van der Waals surface area contributed by atoms with E-state index in [1.165, 1.54) is 161 Å². The van der Waals surface area contributed by atoms with Crippen molar-refractivity contribution in [1.29, 1.82) is 0 Å². The van der Waals surface area contributed by atoms with Crippen LogP contribution in [0.5, 0.6) is 0 Å². The molecule has 12 heteroatoms. The standard InChI is InChI=1S/C47H90NO10P/c1-3-5-7-9-11-13-15-17-19-20-21-22-23-25-26-28-30-32-34-36-38-45(49)55-40-43(41-56-59(53,54)57-42-44(48)47(51)52)58-46(50)39-37-35-33-31-29-27-24-18-16-14-12-10-8-6-4-2/h29,31,43-44H,3-28,30,32-42,48H2,1-2H3,(H,51,52)(H,53,54)/b31-29+/t43-,44+/m0/s1. The quantitative estimate of drug-likeness (QED) is 0.0230. The van der Waals surface area contributed by atoms with Gasteiger partial charge in [-0.05, 0) is 38.5 Å². The summed E-state index contributed by atoms with van der Waals surface area (Å²) in [5.41, 5.74) is 5.34. The number of carboxylic acid groups (broad SMARTS) is 1. The predicted octanol–water partition coefficient (Wildman–Crippen LogP) is 13.2. The zero-order valence-corrected chi connectivity index (χ0v) is 38.8. The number of phosphoric acid groups is 1. The van der Waals surface area contributed by atoms with Crippen LogP contribution in [0.2, 0.25) is 0 Å². The summed E-state index contributed by atoms with van der Waals surface area (Å²) in [4.78, 5) is 46.0. The lowest BCUT2D eigenvalue weighted by Crippen LogP contribution is -2.34. The molecular formula is C47H90NO10P. The molecule has 0 aliphatic heterocycles. The first-order valence-corrected chi connectivity index (χ1v) is 25.7. The molecule has 3 atom stereocenters. The summed E-state index contributed by atoms with van der Waals surface area (Å²) in [6.07, 6.45) is 44.2. The van der Waals surface area contributed by atoms with Crippen LogP contribution in [0.25, 0.3) is 0 Å². The average Bonchev–Trinajstić information content (AvgIpc) is 3.21. The van der Waals surface area contributed by atoms with Gasteiger partial charge in [-0.15, -0.1) is 0 Å². The smallest absolute Gasteiger partial charge is 0.472 e. The van der Waals surface area contributed by atoms with Gasteiger partial charge in [0.25, 0.3) is 0 Å². The molecule has 59 heavy (non-hydrogen) atoms. The Bertz CT molecular complexity index is 1060. The molecular weight excluding hydrogens is 769 g/mol. The average molecular weight is 860 g/mol. The molecule has 0 aliphatic carbocycles. The Balaban J connectivity index is 4.25. The van der Waals surface area contributed by atoms with Crippen LogP contribution in [0.15, 0.2) is 12.2 Å². The Morgan fingerprint density at radius 2 is 0.847 bits per heavy atom. The van der Waals surface area contributed by atoms with E-state index < -0.39 is 51.1 Å². The fourth-order valence-electron chi connectivity index (χ4n) is 6.94. The van der Waals surface area contributed by atoms with Crippen LogP contribution in [0, 0.1) is 0 Å². The predicted molar refractivity (Wildman–Crippen MR) is 240 cm³/mol. The number of ether oxygens (including phenoxy) is 2. The third-order valence-electron chi connectivity index (χ3n) is 10.8. The molecule has 0 saturated carbocycles. The lowest BCUT2D eigenvalue weighted by Gasteiger charge is -2.20. The number of hydrogen-bond donors (Lipinski definition) is 3. The Kier molecular flexibility index (Phi) is 41.6. The second-order valence-corrected chi connectivity index (χ2v) is 18.1. The van der Waals surface area contributed by atoms with Crippen LogP contribution in [-0.4, -0.2) is 59.9 Å². The zero-order chi connectivity index (χ0) is 43.5. The lowest BCUT2D eigenvalue weighted by atomic mass is 10.0. The molecule has 0 spiro atoms. The molecule has 4 N–H and O–H groups in total. The van der Waals surface area contributed by atoms with Gasteiger partial charge in [-0.3, -0.25) is 23.4 Å². The van der Waals surface area contributed by atoms with E-state index in [-0.39, 0.29) is 19.4 Å². The van der Waals surface area contributed by atoms with Gasteiger partial charge >= 0.3 is 25.7 Å². The van der Waals surface area contributed by atoms with Crippen LogP contribution >= 0.6 is 7.82 Å². The van der Waals surface area contributed by atoms with Gasteiger partial charge in [0.05, 0.1) is 13.2 Å². The molecule has 0 aromatic rings. The highest BCUT2D eigenvalue weighted by atomic mass is 31.2. The number of carbonyl (C=O) groups excluding carboxylic acids is 2. The lowest BCUT2D eigenvalue weighted by molar-refractivity contribution is -0.161. The Morgan fingerprint density at radius 3 is 1.27 bits per heavy atom. The number of rotatable bonds is 46. The van der Waals surface area contributed by atoms with Crippen molar-refractivity contribution < 1.29 is 47.5 Å². The maximum absolute atomic E-state index is 12.6. The summed E-state index contributed by atoms with van der Waals surface area (Å²) in [5, 5.41) is 8.90. The van der Waals surface area contributed by atoms with Crippen molar-refractivity contribution in [2.24, 2.45) is 5.73 Å². The fraction of sp³-hybridized carbons (Fsp3) is 0.894. The molecule has 0 aromatic carbocycles. The number of carbonyl (C=O) groups is 3. The first kappa shape index (κ1) is 57.2. The van der Waals surface area contributed by atoms with E-state index in [1.807, 2.05) is 0 Å². The van der Waals surface area contributed by atoms with E-state index in [0.717, 1.165) is 38.5 Å². The number of unbranched alkanes of at least 4 members (excludes halogenated alkanes) is 30. The number of carboxylic acids is 1. The molecule has 0 aromatic heterocycles. The van der Waals surface area contributed by atoms with Gasteiger partial charge in [0.15, 0.2) is 6.10 Å². The summed E-state index contributed by atoms with van der Waals surface area (Å²) < 4.78 is 32.8. The van der Waals surface area contributed by atoms with Crippen molar-refractivity contribution in [2.75, 3.05) is 19.8 Å². The van der Waals surface area contributed by atoms with Crippen molar-refractivity contribution in [3.05, 3.63) is 12.2 Å². The minimum absolute atomic E-state index is 0.136. The highest BCUT2D eigenvalue weighted by Crippen LogP contribution is 2.43. The summed E-state index contributed by atoms with van der Waals surface area (Å²) in [5.74, 6) is -2.39. The largest absolute Gasteiger partial charge is 0.480 e. The van der Waals surface area contributed by atoms with E-state index in [4.69, 9.17) is 24.8 Å². The molecule has 0 fully saturated rings. The first-order chi connectivity index (χ1) is 28.6. The van der Waals surface area contributed by atoms with Crippen molar-refractivity contribution in [2.45, 2.75) is 251 Å². The van der Waals surface area contributed by atoms with Crippen molar-refractivity contribution in [3.8, 4) is 0 Å². The third kappa shape index (κ3) is 42.7. The van der Waals surface area contributed by atoms with E-state index in [9.17, 15) is 23.8 Å². The van der Waals surface area contributed by atoms with Gasteiger partial charge in [0, 0.05) is 12.8 Å². The second kappa shape index (κ2) is 42.9.